The van der Waals surface area contributed by atoms with Crippen LogP contribution in [0.25, 0.3) is 0 Å². The van der Waals surface area contributed by atoms with E-state index in [2.05, 4.69) is 61.7 Å². The Hall–Kier alpha value is -1.16. The van der Waals surface area contributed by atoms with Gasteiger partial charge in [-0.1, -0.05) is 27.7 Å². The summed E-state index contributed by atoms with van der Waals surface area (Å²) in [6, 6.07) is 0.441. The third-order valence-electron chi connectivity index (χ3n) is 3.03. The van der Waals surface area contributed by atoms with E-state index >= 15 is 0 Å². The molecule has 1 rings (SSSR count). The van der Waals surface area contributed by atoms with Crippen molar-refractivity contribution in [1.29, 1.82) is 0 Å². The molecule has 20 heavy (non-hydrogen) atoms. The molecule has 0 fully saturated rings. The number of rotatable bonds is 8. The monoisotopic (exact) mass is 278 g/mol. The van der Waals surface area contributed by atoms with E-state index in [4.69, 9.17) is 0 Å². The summed E-state index contributed by atoms with van der Waals surface area (Å²) in [5.74, 6) is 2.25. The normalized spacial score (nSPS) is 11.7. The molecular weight excluding hydrogens is 248 g/mol. The highest BCUT2D eigenvalue weighted by atomic mass is 15.2. The summed E-state index contributed by atoms with van der Waals surface area (Å²) in [5, 5.41) is 3.39. The quantitative estimate of drug-likeness (QED) is 0.793. The van der Waals surface area contributed by atoms with E-state index in [1.54, 1.807) is 0 Å². The maximum absolute atomic E-state index is 4.57. The summed E-state index contributed by atoms with van der Waals surface area (Å²) in [5.41, 5.74) is 1.00. The van der Waals surface area contributed by atoms with Gasteiger partial charge in [0.15, 0.2) is 0 Å². The molecule has 0 saturated heterocycles. The largest absolute Gasteiger partial charge is 0.353 e. The predicted molar refractivity (Wildman–Crippen MR) is 85.9 cm³/mol. The van der Waals surface area contributed by atoms with Crippen molar-refractivity contribution in [2.75, 3.05) is 18.0 Å². The lowest BCUT2D eigenvalue weighted by molar-refractivity contribution is 0.545. The van der Waals surface area contributed by atoms with Gasteiger partial charge < -0.3 is 10.2 Å². The third kappa shape index (κ3) is 5.87. The average molecular weight is 278 g/mol. The third-order valence-corrected chi connectivity index (χ3v) is 3.03. The number of hydrogen-bond donors (Lipinski definition) is 1. The Labute approximate surface area is 124 Å². The minimum Gasteiger partial charge on any atom is -0.353 e. The fraction of sp³-hybridized carbons (Fsp3) is 0.750. The first kappa shape index (κ1) is 16.9. The number of nitrogens with zero attached hydrogens (tertiary/aromatic N) is 3. The molecule has 4 heteroatoms. The summed E-state index contributed by atoms with van der Waals surface area (Å²) >= 11 is 0. The first-order chi connectivity index (χ1) is 9.40. The molecule has 1 heterocycles. The van der Waals surface area contributed by atoms with Crippen molar-refractivity contribution in [1.82, 2.24) is 15.3 Å². The fourth-order valence-corrected chi connectivity index (χ4v) is 2.04. The van der Waals surface area contributed by atoms with Crippen molar-refractivity contribution in [2.24, 2.45) is 11.8 Å². The zero-order chi connectivity index (χ0) is 15.1. The summed E-state index contributed by atoms with van der Waals surface area (Å²) in [6.45, 7) is 16.1. The second kappa shape index (κ2) is 8.20. The van der Waals surface area contributed by atoms with E-state index in [1.807, 2.05) is 12.4 Å². The molecule has 0 radical (unpaired) electrons. The Morgan fingerprint density at radius 2 is 1.70 bits per heavy atom. The maximum atomic E-state index is 4.57. The van der Waals surface area contributed by atoms with Gasteiger partial charge in [0.05, 0.1) is 18.1 Å². The minimum absolute atomic E-state index is 0.441. The lowest BCUT2D eigenvalue weighted by Crippen LogP contribution is -2.35. The van der Waals surface area contributed by atoms with E-state index in [1.165, 1.54) is 0 Å². The molecule has 0 amide bonds. The van der Waals surface area contributed by atoms with E-state index in [9.17, 15) is 0 Å². The van der Waals surface area contributed by atoms with Crippen LogP contribution in [0, 0.1) is 11.8 Å². The molecule has 0 aliphatic heterocycles. The van der Waals surface area contributed by atoms with Crippen LogP contribution in [0.4, 0.5) is 5.82 Å². The van der Waals surface area contributed by atoms with Crippen molar-refractivity contribution in [3.8, 4) is 0 Å². The van der Waals surface area contributed by atoms with Crippen LogP contribution >= 0.6 is 0 Å². The number of nitrogens with one attached hydrogen (secondary N) is 1. The number of aromatic nitrogens is 2. The molecule has 0 spiro atoms. The first-order valence-electron chi connectivity index (χ1n) is 7.68. The molecule has 1 aromatic rings. The molecule has 1 aromatic heterocycles. The second-order valence-electron chi connectivity index (χ2n) is 6.53. The Morgan fingerprint density at radius 3 is 2.15 bits per heavy atom. The molecule has 0 aliphatic rings. The van der Waals surface area contributed by atoms with Gasteiger partial charge in [-0.15, -0.1) is 0 Å². The van der Waals surface area contributed by atoms with E-state index < -0.39 is 0 Å². The van der Waals surface area contributed by atoms with Gasteiger partial charge in [-0.05, 0) is 32.2 Å². The summed E-state index contributed by atoms with van der Waals surface area (Å²) in [6.07, 6.45) is 3.78. The fourth-order valence-electron chi connectivity index (χ4n) is 2.04. The van der Waals surface area contributed by atoms with Gasteiger partial charge in [-0.2, -0.15) is 0 Å². The molecular formula is C16H30N4. The van der Waals surface area contributed by atoms with Crippen molar-refractivity contribution in [2.45, 2.75) is 54.1 Å². The number of anilines is 1. The van der Waals surface area contributed by atoms with Gasteiger partial charge in [0.1, 0.15) is 5.82 Å². The molecule has 0 saturated carbocycles. The van der Waals surface area contributed by atoms with Crippen LogP contribution in [-0.2, 0) is 6.54 Å². The molecule has 0 atom stereocenters. The summed E-state index contributed by atoms with van der Waals surface area (Å²) in [7, 11) is 0. The van der Waals surface area contributed by atoms with Crippen LogP contribution in [0.1, 0.15) is 47.2 Å². The molecule has 1 N–H and O–H groups in total. The first-order valence-corrected chi connectivity index (χ1v) is 7.68. The Morgan fingerprint density at radius 1 is 1.00 bits per heavy atom. The van der Waals surface area contributed by atoms with Gasteiger partial charge in [0.25, 0.3) is 0 Å². The summed E-state index contributed by atoms with van der Waals surface area (Å²) in [4.78, 5) is 11.4. The maximum Gasteiger partial charge on any atom is 0.147 e. The van der Waals surface area contributed by atoms with Crippen molar-refractivity contribution >= 4 is 5.82 Å². The van der Waals surface area contributed by atoms with Gasteiger partial charge in [-0.3, -0.25) is 4.98 Å². The molecule has 114 valence electrons. The highest BCUT2D eigenvalue weighted by Gasteiger charge is 2.13. The zero-order valence-corrected chi connectivity index (χ0v) is 13.8. The Balaban J connectivity index is 2.63. The van der Waals surface area contributed by atoms with Crippen LogP contribution in [0.15, 0.2) is 12.4 Å². The van der Waals surface area contributed by atoms with Crippen molar-refractivity contribution < 1.29 is 0 Å². The molecule has 4 nitrogen and oxygen atoms in total. The van der Waals surface area contributed by atoms with Crippen LogP contribution < -0.4 is 10.2 Å². The minimum atomic E-state index is 0.441. The van der Waals surface area contributed by atoms with Gasteiger partial charge in [0.2, 0.25) is 0 Å². The number of hydrogen-bond acceptors (Lipinski definition) is 4. The van der Waals surface area contributed by atoms with Crippen LogP contribution in [-0.4, -0.2) is 29.1 Å². The lowest BCUT2D eigenvalue weighted by atomic mass is 10.2. The standard InChI is InChI=1S/C16H30N4/c1-12(2)7-17-8-15-9-19-16(10-18-15)20(14(5)6)11-13(3)4/h9-10,12-14,17H,7-8,11H2,1-6H3. The molecule has 0 bridgehead atoms. The predicted octanol–water partition coefficient (Wildman–Crippen LogP) is 3.09. The zero-order valence-electron chi connectivity index (χ0n) is 13.8. The smallest absolute Gasteiger partial charge is 0.147 e. The van der Waals surface area contributed by atoms with Gasteiger partial charge in [-0.25, -0.2) is 4.98 Å². The van der Waals surface area contributed by atoms with Crippen molar-refractivity contribution in [3.63, 3.8) is 0 Å². The topological polar surface area (TPSA) is 41.1 Å². The Kier molecular flexibility index (Phi) is 6.93. The highest BCUT2D eigenvalue weighted by Crippen LogP contribution is 2.15. The SMILES string of the molecule is CC(C)CNCc1cnc(N(CC(C)C)C(C)C)cn1. The van der Waals surface area contributed by atoms with Crippen LogP contribution in [0.5, 0.6) is 0 Å². The van der Waals surface area contributed by atoms with Gasteiger partial charge in [0, 0.05) is 19.1 Å². The van der Waals surface area contributed by atoms with Gasteiger partial charge >= 0.3 is 0 Å². The highest BCUT2D eigenvalue weighted by molar-refractivity contribution is 5.36. The molecule has 0 unspecified atom stereocenters. The van der Waals surface area contributed by atoms with Crippen molar-refractivity contribution in [3.05, 3.63) is 18.1 Å². The van der Waals surface area contributed by atoms with E-state index in [0.29, 0.717) is 17.9 Å². The lowest BCUT2D eigenvalue weighted by Gasteiger charge is -2.29. The van der Waals surface area contributed by atoms with E-state index in [-0.39, 0.29) is 0 Å². The van der Waals surface area contributed by atoms with E-state index in [0.717, 1.165) is 31.1 Å². The van der Waals surface area contributed by atoms with Crippen LogP contribution in [0.3, 0.4) is 0 Å². The Bertz CT molecular complexity index is 371. The summed E-state index contributed by atoms with van der Waals surface area (Å²) < 4.78 is 0. The molecule has 0 aromatic carbocycles. The van der Waals surface area contributed by atoms with Crippen LogP contribution in [0.2, 0.25) is 0 Å². The molecule has 0 aliphatic carbocycles. The second-order valence-corrected chi connectivity index (χ2v) is 6.53. The average Bonchev–Trinajstić information content (AvgIpc) is 2.36.